The first kappa shape index (κ1) is 10.4. The van der Waals surface area contributed by atoms with Gasteiger partial charge in [0.25, 0.3) is 0 Å². The van der Waals surface area contributed by atoms with E-state index in [1.165, 1.54) is 30.8 Å². The fraction of sp³-hybridized carbons (Fsp3) is 1.00. The Balaban J connectivity index is 2.73. The van der Waals surface area contributed by atoms with Gasteiger partial charge in [0.1, 0.15) is 0 Å². The van der Waals surface area contributed by atoms with Crippen molar-refractivity contribution in [3.8, 4) is 0 Å². The van der Waals surface area contributed by atoms with Crippen LogP contribution in [0.25, 0.3) is 0 Å². The minimum Gasteiger partial charge on any atom is -0.161 e. The SMILES string of the molecule is CC[C@@]1(C(C)(C)C)CCCSC1. The van der Waals surface area contributed by atoms with Gasteiger partial charge in [0.05, 0.1) is 0 Å². The van der Waals surface area contributed by atoms with Crippen molar-refractivity contribution < 1.29 is 0 Å². The molecule has 0 N–H and O–H groups in total. The molecule has 72 valence electrons. The maximum absolute atomic E-state index is 2.41. The van der Waals surface area contributed by atoms with Gasteiger partial charge >= 0.3 is 0 Å². The van der Waals surface area contributed by atoms with E-state index in [0.717, 1.165) is 0 Å². The second kappa shape index (κ2) is 3.61. The molecule has 0 aromatic carbocycles. The summed E-state index contributed by atoms with van der Waals surface area (Å²) in [5.41, 5.74) is 1.12. The number of hydrogen-bond donors (Lipinski definition) is 0. The number of hydrogen-bond acceptors (Lipinski definition) is 1. The maximum atomic E-state index is 2.41. The molecule has 0 radical (unpaired) electrons. The van der Waals surface area contributed by atoms with Crippen LogP contribution in [0.2, 0.25) is 0 Å². The van der Waals surface area contributed by atoms with Crippen LogP contribution in [0.5, 0.6) is 0 Å². The topological polar surface area (TPSA) is 0 Å². The minimum atomic E-state index is 0.495. The van der Waals surface area contributed by atoms with Gasteiger partial charge < -0.3 is 0 Å². The monoisotopic (exact) mass is 186 g/mol. The highest BCUT2D eigenvalue weighted by Gasteiger charge is 2.40. The summed E-state index contributed by atoms with van der Waals surface area (Å²) < 4.78 is 0. The molecule has 1 heteroatoms. The summed E-state index contributed by atoms with van der Waals surface area (Å²) in [5.74, 6) is 2.77. The maximum Gasteiger partial charge on any atom is -0.000589 e. The van der Waals surface area contributed by atoms with E-state index >= 15 is 0 Å². The third kappa shape index (κ3) is 1.81. The van der Waals surface area contributed by atoms with Gasteiger partial charge in [-0.15, -0.1) is 0 Å². The van der Waals surface area contributed by atoms with Gasteiger partial charge in [-0.3, -0.25) is 0 Å². The molecule has 1 aliphatic heterocycles. The van der Waals surface area contributed by atoms with Gasteiger partial charge in [-0.05, 0) is 41.6 Å². The summed E-state index contributed by atoms with van der Waals surface area (Å²) in [6, 6.07) is 0. The van der Waals surface area contributed by atoms with Crippen LogP contribution in [-0.2, 0) is 0 Å². The van der Waals surface area contributed by atoms with Crippen LogP contribution in [0.4, 0.5) is 0 Å². The highest BCUT2D eigenvalue weighted by atomic mass is 32.2. The summed E-state index contributed by atoms with van der Waals surface area (Å²) in [5, 5.41) is 0. The van der Waals surface area contributed by atoms with Gasteiger partial charge in [-0.2, -0.15) is 11.8 Å². The lowest BCUT2D eigenvalue weighted by atomic mass is 9.64. The Labute approximate surface area is 81.5 Å². The largest absolute Gasteiger partial charge is 0.161 e. The minimum absolute atomic E-state index is 0.495. The van der Waals surface area contributed by atoms with Crippen molar-refractivity contribution in [2.75, 3.05) is 11.5 Å². The molecule has 0 saturated carbocycles. The predicted octanol–water partition coefficient (Wildman–Crippen LogP) is 3.96. The zero-order chi connectivity index (χ0) is 9.24. The summed E-state index contributed by atoms with van der Waals surface area (Å²) in [4.78, 5) is 0. The normalized spacial score (nSPS) is 32.0. The second-order valence-corrected chi connectivity index (χ2v) is 6.15. The van der Waals surface area contributed by atoms with Crippen LogP contribution in [0.3, 0.4) is 0 Å². The van der Waals surface area contributed by atoms with Crippen molar-refractivity contribution in [1.82, 2.24) is 0 Å². The molecule has 1 rings (SSSR count). The first-order valence-corrected chi connectivity index (χ1v) is 6.25. The van der Waals surface area contributed by atoms with Crippen LogP contribution in [0.15, 0.2) is 0 Å². The lowest BCUT2D eigenvalue weighted by Gasteiger charge is -2.47. The lowest BCUT2D eigenvalue weighted by molar-refractivity contribution is 0.0928. The standard InChI is InChI=1S/C11H22S/c1-5-11(10(2,3)4)7-6-8-12-9-11/h5-9H2,1-4H3/t11-/m1/s1. The van der Waals surface area contributed by atoms with Gasteiger partial charge in [0.15, 0.2) is 0 Å². The Morgan fingerprint density at radius 2 is 2.00 bits per heavy atom. The Morgan fingerprint density at radius 1 is 1.33 bits per heavy atom. The quantitative estimate of drug-likeness (QED) is 0.597. The van der Waals surface area contributed by atoms with E-state index < -0.39 is 0 Å². The van der Waals surface area contributed by atoms with E-state index in [4.69, 9.17) is 0 Å². The zero-order valence-electron chi connectivity index (χ0n) is 8.94. The second-order valence-electron chi connectivity index (χ2n) is 5.04. The first-order valence-electron chi connectivity index (χ1n) is 5.10. The molecule has 0 spiro atoms. The fourth-order valence-corrected chi connectivity index (χ4v) is 3.92. The summed E-state index contributed by atoms with van der Waals surface area (Å²) >= 11 is 2.15. The Bertz CT molecular complexity index is 138. The van der Waals surface area contributed by atoms with Crippen LogP contribution in [0.1, 0.15) is 47.0 Å². The van der Waals surface area contributed by atoms with Crippen LogP contribution < -0.4 is 0 Å². The Kier molecular flexibility index (Phi) is 3.14. The van der Waals surface area contributed by atoms with Crippen molar-refractivity contribution in [3.05, 3.63) is 0 Å². The Hall–Kier alpha value is 0.350. The molecule has 12 heavy (non-hydrogen) atoms. The van der Waals surface area contributed by atoms with Crippen molar-refractivity contribution in [3.63, 3.8) is 0 Å². The predicted molar refractivity (Wildman–Crippen MR) is 58.7 cm³/mol. The molecule has 1 fully saturated rings. The van der Waals surface area contributed by atoms with Gasteiger partial charge in [0, 0.05) is 0 Å². The molecular weight excluding hydrogens is 164 g/mol. The third-order valence-corrected chi connectivity index (χ3v) is 4.92. The molecule has 0 unspecified atom stereocenters. The van der Waals surface area contributed by atoms with Gasteiger partial charge in [-0.25, -0.2) is 0 Å². The average Bonchev–Trinajstić information content (AvgIpc) is 2.04. The Morgan fingerprint density at radius 3 is 2.25 bits per heavy atom. The zero-order valence-corrected chi connectivity index (χ0v) is 9.76. The summed E-state index contributed by atoms with van der Waals surface area (Å²) in [7, 11) is 0. The van der Waals surface area contributed by atoms with E-state index in [2.05, 4.69) is 39.5 Å². The van der Waals surface area contributed by atoms with Crippen molar-refractivity contribution in [1.29, 1.82) is 0 Å². The van der Waals surface area contributed by atoms with Crippen molar-refractivity contribution >= 4 is 11.8 Å². The van der Waals surface area contributed by atoms with Crippen LogP contribution in [-0.4, -0.2) is 11.5 Å². The molecule has 1 saturated heterocycles. The molecule has 0 aliphatic carbocycles. The van der Waals surface area contributed by atoms with E-state index in [1.54, 1.807) is 0 Å². The van der Waals surface area contributed by atoms with E-state index in [-0.39, 0.29) is 0 Å². The molecule has 0 aromatic rings. The first-order chi connectivity index (χ1) is 5.52. The van der Waals surface area contributed by atoms with Crippen LogP contribution in [0, 0.1) is 10.8 Å². The molecule has 0 bridgehead atoms. The molecular formula is C11H22S. The molecule has 1 atom stereocenters. The van der Waals surface area contributed by atoms with E-state index in [0.29, 0.717) is 10.8 Å². The summed E-state index contributed by atoms with van der Waals surface area (Å²) in [6.45, 7) is 9.57. The van der Waals surface area contributed by atoms with E-state index in [9.17, 15) is 0 Å². The smallest absolute Gasteiger partial charge is 0.000589 e. The molecule has 1 heterocycles. The van der Waals surface area contributed by atoms with Crippen molar-refractivity contribution in [2.45, 2.75) is 47.0 Å². The van der Waals surface area contributed by atoms with E-state index in [1.807, 2.05) is 0 Å². The van der Waals surface area contributed by atoms with Crippen LogP contribution >= 0.6 is 11.8 Å². The highest BCUT2D eigenvalue weighted by Crippen LogP contribution is 2.49. The molecule has 1 aliphatic rings. The molecule has 0 aromatic heterocycles. The molecule has 0 amide bonds. The molecule has 0 nitrogen and oxygen atoms in total. The fourth-order valence-electron chi connectivity index (χ4n) is 2.25. The third-order valence-electron chi connectivity index (χ3n) is 3.59. The highest BCUT2D eigenvalue weighted by molar-refractivity contribution is 7.99. The lowest BCUT2D eigenvalue weighted by Crippen LogP contribution is -2.39. The number of thioether (sulfide) groups is 1. The number of rotatable bonds is 1. The van der Waals surface area contributed by atoms with Gasteiger partial charge in [0.2, 0.25) is 0 Å². The summed E-state index contributed by atoms with van der Waals surface area (Å²) in [6.07, 6.45) is 4.22. The van der Waals surface area contributed by atoms with Gasteiger partial charge in [-0.1, -0.05) is 27.7 Å². The average molecular weight is 186 g/mol. The van der Waals surface area contributed by atoms with Crippen molar-refractivity contribution in [2.24, 2.45) is 10.8 Å².